The van der Waals surface area contributed by atoms with Gasteiger partial charge in [0.1, 0.15) is 46.7 Å². The summed E-state index contributed by atoms with van der Waals surface area (Å²) in [5.41, 5.74) is 0.110. The van der Waals surface area contributed by atoms with Gasteiger partial charge in [0.2, 0.25) is 0 Å². The fraction of sp³-hybridized carbons (Fsp3) is 0.679. The second kappa shape index (κ2) is 26.8. The molecule has 3 heterocycles. The molecule has 0 saturated carbocycles. The minimum Gasteiger partial charge on any atom is -0.505 e. The van der Waals surface area contributed by atoms with Crippen molar-refractivity contribution in [2.45, 2.75) is 194 Å². The van der Waals surface area contributed by atoms with E-state index in [2.05, 4.69) is 20.8 Å². The van der Waals surface area contributed by atoms with Crippen molar-refractivity contribution in [3.8, 4) is 11.5 Å². The van der Waals surface area contributed by atoms with E-state index in [1.54, 1.807) is 46.8 Å². The molecular weight excluding hydrogens is 979 g/mol. The maximum Gasteiger partial charge on any atom is 0.342 e. The number of hydrogen-bond acceptors (Lipinski definition) is 17. The summed E-state index contributed by atoms with van der Waals surface area (Å²) in [5, 5.41) is 65.3. The molecule has 4 rings (SSSR count). The average Bonchev–Trinajstić information content (AvgIpc) is 3.32. The van der Waals surface area contributed by atoms with Crippen LogP contribution in [0.25, 0.3) is 0 Å². The van der Waals surface area contributed by atoms with Crippen LogP contribution in [0.4, 0.5) is 0 Å². The number of hydrogen-bond donors (Lipinski definition) is 6. The van der Waals surface area contributed by atoms with Crippen molar-refractivity contribution in [3.05, 3.63) is 68.3 Å². The molecule has 15 atom stereocenters. The number of ether oxygens (including phenoxy) is 8. The number of benzene rings is 1. The zero-order valence-corrected chi connectivity index (χ0v) is 45.3. The molecule has 0 bridgehead atoms. The Balaban J connectivity index is 1.58. The highest BCUT2D eigenvalue weighted by atomic mass is 35.5. The summed E-state index contributed by atoms with van der Waals surface area (Å²) in [4.78, 5) is 40.1. The molecule has 2 fully saturated rings. The number of halogens is 2. The van der Waals surface area contributed by atoms with Crippen LogP contribution in [0, 0.1) is 23.7 Å². The molecule has 3 aliphatic rings. The number of esters is 3. The molecule has 0 amide bonds. The van der Waals surface area contributed by atoms with Gasteiger partial charge in [0.15, 0.2) is 36.3 Å². The number of cyclic esters (lactones) is 1. The monoisotopic (exact) mass is 1060 g/mol. The Labute approximate surface area is 434 Å². The normalized spacial score (nSPS) is 35.2. The molecule has 2 saturated heterocycles. The van der Waals surface area contributed by atoms with Gasteiger partial charge in [-0.05, 0) is 95.8 Å². The summed E-state index contributed by atoms with van der Waals surface area (Å²) in [6.45, 7) is 21.1. The largest absolute Gasteiger partial charge is 0.505 e. The summed E-state index contributed by atoms with van der Waals surface area (Å²) in [5.74, 6) is -3.99. The highest BCUT2D eigenvalue weighted by Gasteiger charge is 2.53. The van der Waals surface area contributed by atoms with Gasteiger partial charge < -0.3 is 68.5 Å². The van der Waals surface area contributed by atoms with Gasteiger partial charge in [-0.25, -0.2) is 9.59 Å². The Hall–Kier alpha value is -3.59. The maximum absolute atomic E-state index is 14.0. The number of allylic oxidation sites excluding steroid dienone is 5. The van der Waals surface area contributed by atoms with Gasteiger partial charge in [-0.3, -0.25) is 4.79 Å². The van der Waals surface area contributed by atoms with Gasteiger partial charge in [-0.1, -0.05) is 101 Å². The summed E-state index contributed by atoms with van der Waals surface area (Å²) in [6, 6.07) is 0. The smallest absolute Gasteiger partial charge is 0.342 e. The van der Waals surface area contributed by atoms with E-state index in [-0.39, 0.29) is 58.9 Å². The third kappa shape index (κ3) is 14.8. The fourth-order valence-electron chi connectivity index (χ4n) is 9.12. The molecule has 72 heavy (non-hydrogen) atoms. The zero-order chi connectivity index (χ0) is 54.1. The van der Waals surface area contributed by atoms with Crippen LogP contribution in [0.2, 0.25) is 10.0 Å². The maximum atomic E-state index is 14.0. The molecule has 3 aliphatic heterocycles. The standard InChI is InChI=1S/C53H78Cl2O17/c1-14-32-23-28(7)27(6)18-16-17-19-33(24-66-52-46(65-13)43(61)45(31(10)67-52)69-50(64)36-34(15-2)37(54)40(58)38(55)39(36)57)49(63)68-35(30(9)56)21-20-26(5)22-29(8)44(32)70-51-42(60)41(59)47(53(11,12)72-51)71-48(62)25(3)4/h16-17,19-20,22,25,27-28,30-32,35,41-47,51-52,56-61H,14-15,18,21,23-24H2,1-13H3/b17-16+,26-20+,29-22+,33-19+/t27-,28?,30+,31+,32-,35-,41-,42+,43-,44-,45+,46-,47+,51-,52+/m0/s1. The minimum absolute atomic E-state index is 0.0591. The predicted octanol–water partition coefficient (Wildman–Crippen LogP) is 7.59. The number of aliphatic hydroxyl groups is 4. The molecule has 6 N–H and O–H groups in total. The second-order valence-electron chi connectivity index (χ2n) is 20.2. The van der Waals surface area contributed by atoms with Crippen LogP contribution in [0.15, 0.2) is 47.1 Å². The summed E-state index contributed by atoms with van der Waals surface area (Å²) >= 11 is 12.3. The van der Waals surface area contributed by atoms with E-state index in [4.69, 9.17) is 61.1 Å². The first-order valence-electron chi connectivity index (χ1n) is 24.8. The van der Waals surface area contributed by atoms with Crippen LogP contribution in [0.1, 0.15) is 125 Å². The Morgan fingerprint density at radius 1 is 0.903 bits per heavy atom. The molecule has 1 aromatic carbocycles. The number of phenols is 2. The van der Waals surface area contributed by atoms with E-state index in [1.807, 2.05) is 32.1 Å². The van der Waals surface area contributed by atoms with E-state index < -0.39 is 120 Å². The zero-order valence-electron chi connectivity index (χ0n) is 43.8. The number of rotatable bonds is 13. The second-order valence-corrected chi connectivity index (χ2v) is 21.0. The molecule has 0 spiro atoms. The molecule has 17 nitrogen and oxygen atoms in total. The van der Waals surface area contributed by atoms with E-state index in [0.29, 0.717) is 19.3 Å². The minimum atomic E-state index is -1.54. The van der Waals surface area contributed by atoms with E-state index in [1.165, 1.54) is 21.0 Å². The quantitative estimate of drug-likeness (QED) is 0.0823. The lowest BCUT2D eigenvalue weighted by atomic mass is 9.80. The number of carbonyl (C=O) groups is 3. The van der Waals surface area contributed by atoms with Crippen LogP contribution in [0.3, 0.4) is 0 Å². The van der Waals surface area contributed by atoms with Gasteiger partial charge >= 0.3 is 17.9 Å². The molecule has 406 valence electrons. The van der Waals surface area contributed by atoms with Crippen molar-refractivity contribution >= 4 is 41.1 Å². The van der Waals surface area contributed by atoms with Crippen molar-refractivity contribution in [1.29, 1.82) is 0 Å². The first kappa shape index (κ1) is 61.0. The first-order chi connectivity index (χ1) is 33.7. The van der Waals surface area contributed by atoms with Crippen molar-refractivity contribution in [3.63, 3.8) is 0 Å². The van der Waals surface area contributed by atoms with Crippen LogP contribution in [-0.2, 0) is 53.9 Å². The summed E-state index contributed by atoms with van der Waals surface area (Å²) in [7, 11) is 1.29. The molecule has 19 heteroatoms. The van der Waals surface area contributed by atoms with Crippen LogP contribution >= 0.6 is 23.2 Å². The Morgan fingerprint density at radius 2 is 1.57 bits per heavy atom. The average molecular weight is 1060 g/mol. The van der Waals surface area contributed by atoms with Gasteiger partial charge in [-0.15, -0.1) is 0 Å². The van der Waals surface area contributed by atoms with Crippen LogP contribution in [0.5, 0.6) is 11.5 Å². The lowest BCUT2D eigenvalue weighted by Gasteiger charge is -2.48. The van der Waals surface area contributed by atoms with E-state index in [9.17, 15) is 45.0 Å². The topological polar surface area (TPSA) is 246 Å². The van der Waals surface area contributed by atoms with Crippen molar-refractivity contribution < 1.29 is 82.9 Å². The third-order valence-electron chi connectivity index (χ3n) is 13.9. The van der Waals surface area contributed by atoms with Gasteiger partial charge in [0.25, 0.3) is 0 Å². The number of phenolic OH excluding ortho intramolecular Hbond substituents is 2. The molecule has 0 radical (unpaired) electrons. The predicted molar refractivity (Wildman–Crippen MR) is 268 cm³/mol. The Bertz CT molecular complexity index is 2150. The molecule has 0 aromatic heterocycles. The first-order valence-corrected chi connectivity index (χ1v) is 25.6. The Kier molecular flexibility index (Phi) is 22.7. The van der Waals surface area contributed by atoms with Gasteiger partial charge in [0.05, 0.1) is 41.4 Å². The van der Waals surface area contributed by atoms with E-state index in [0.717, 1.165) is 11.1 Å². The molecule has 1 unspecified atom stereocenters. The van der Waals surface area contributed by atoms with Gasteiger partial charge in [0, 0.05) is 13.5 Å². The molecule has 1 aromatic rings. The molecule has 0 aliphatic carbocycles. The van der Waals surface area contributed by atoms with Gasteiger partial charge in [-0.2, -0.15) is 0 Å². The SMILES string of the molecule is CCc1c(Cl)c(O)c(Cl)c(O)c1C(=O)O[C@H]1[C@H](O)[C@H](OC)[C@H](OC/C2=C\C=C\C[C@H](C)C(C)C[C@H](CC)[C@@H](O[C@H]3OC(C)(C)[C@H](OC(=O)C(C)C)[C@@H](O)[C@H]3O)/C(C)=C/C(C)=C/C[C@@H]([C@@H](C)O)OC2=O)O[C@@H]1C. The van der Waals surface area contributed by atoms with Crippen molar-refractivity contribution in [2.75, 3.05) is 13.7 Å². The number of carbonyl (C=O) groups excluding carboxylic acids is 3. The highest BCUT2D eigenvalue weighted by Crippen LogP contribution is 2.45. The van der Waals surface area contributed by atoms with Crippen LogP contribution in [-0.4, -0.2) is 141 Å². The summed E-state index contributed by atoms with van der Waals surface area (Å²) in [6.07, 6.45) is -3.38. The van der Waals surface area contributed by atoms with Crippen LogP contribution < -0.4 is 0 Å². The number of aromatic hydroxyl groups is 2. The number of aliphatic hydroxyl groups excluding tert-OH is 4. The van der Waals surface area contributed by atoms with Crippen molar-refractivity contribution in [1.82, 2.24) is 0 Å². The molecular formula is C53H78Cl2O17. The number of methoxy groups -OCH3 is 1. The highest BCUT2D eigenvalue weighted by molar-refractivity contribution is 6.39. The van der Waals surface area contributed by atoms with E-state index >= 15 is 0 Å². The fourth-order valence-corrected chi connectivity index (χ4v) is 9.68. The summed E-state index contributed by atoms with van der Waals surface area (Å²) < 4.78 is 48.0. The van der Waals surface area contributed by atoms with Crippen molar-refractivity contribution in [2.24, 2.45) is 23.7 Å². The Morgan fingerprint density at radius 3 is 2.17 bits per heavy atom. The lowest BCUT2D eigenvalue weighted by Crippen LogP contribution is -2.64. The third-order valence-corrected chi connectivity index (χ3v) is 14.6. The lowest BCUT2D eigenvalue weighted by molar-refractivity contribution is -0.334.